The van der Waals surface area contributed by atoms with Gasteiger partial charge in [-0.1, -0.05) is 31.2 Å². The molecular formula is C35H53BN8O8. The number of benzene rings is 2. The van der Waals surface area contributed by atoms with Gasteiger partial charge in [0.05, 0.1) is 18.6 Å². The average molecular weight is 725 g/mol. The van der Waals surface area contributed by atoms with Crippen LogP contribution in [-0.2, 0) is 14.4 Å². The van der Waals surface area contributed by atoms with Gasteiger partial charge in [0.1, 0.15) is 6.04 Å². The zero-order valence-corrected chi connectivity index (χ0v) is 30.5. The second kappa shape index (κ2) is 20.3. The second-order valence-electron chi connectivity index (χ2n) is 13.1. The second-order valence-corrected chi connectivity index (χ2v) is 13.1. The lowest BCUT2D eigenvalue weighted by Gasteiger charge is -2.24. The molecule has 0 radical (unpaired) electrons. The maximum atomic E-state index is 13.2. The van der Waals surface area contributed by atoms with E-state index in [1.165, 1.54) is 6.07 Å². The first-order valence-corrected chi connectivity index (χ1v) is 17.7. The van der Waals surface area contributed by atoms with E-state index >= 15 is 0 Å². The van der Waals surface area contributed by atoms with Gasteiger partial charge in [0, 0.05) is 64.9 Å². The molecule has 3 rings (SSSR count). The van der Waals surface area contributed by atoms with E-state index in [4.69, 9.17) is 5.73 Å². The minimum absolute atomic E-state index is 0.0251. The molecule has 1 heterocycles. The molecule has 5 amide bonds. The van der Waals surface area contributed by atoms with Crippen molar-refractivity contribution in [3.63, 3.8) is 0 Å². The molecule has 0 spiro atoms. The number of nitrogens with one attached hydrogen (secondary N) is 3. The fourth-order valence-electron chi connectivity index (χ4n) is 5.97. The summed E-state index contributed by atoms with van der Waals surface area (Å²) in [5, 5.41) is 38.4. The van der Waals surface area contributed by atoms with Crippen LogP contribution in [-0.4, -0.2) is 144 Å². The van der Waals surface area contributed by atoms with E-state index in [2.05, 4.69) is 20.9 Å². The summed E-state index contributed by atoms with van der Waals surface area (Å²) in [6.45, 7) is 2.59. The van der Waals surface area contributed by atoms with E-state index in [0.29, 0.717) is 67.6 Å². The summed E-state index contributed by atoms with van der Waals surface area (Å²) in [5.41, 5.74) is 6.48. The molecule has 16 nitrogen and oxygen atoms in total. The molecule has 0 aliphatic carbocycles. The van der Waals surface area contributed by atoms with Crippen LogP contribution >= 0.6 is 0 Å². The number of β-amino-alcohol motifs (C(OH)–C–C–N with tert-alkyl or cyclic N) is 1. The highest BCUT2D eigenvalue weighted by Crippen LogP contribution is 2.24. The molecule has 0 saturated carbocycles. The highest BCUT2D eigenvalue weighted by atomic mass is 16.4. The Morgan fingerprint density at radius 1 is 0.962 bits per heavy atom. The number of likely N-dealkylation sites (tertiary alicyclic amines) is 1. The molecule has 0 bridgehead atoms. The number of fused-ring (bicyclic) bond motifs is 1. The predicted octanol–water partition coefficient (Wildman–Crippen LogP) is -0.547. The maximum absolute atomic E-state index is 13.2. The van der Waals surface area contributed by atoms with Crippen molar-refractivity contribution in [2.75, 3.05) is 53.9 Å². The largest absolute Gasteiger partial charge is 0.475 e. The molecule has 8 N–H and O–H groups in total. The van der Waals surface area contributed by atoms with Crippen LogP contribution in [0, 0.1) is 0 Å². The number of rotatable bonds is 18. The number of hydrogen-bond acceptors (Lipinski definition) is 9. The summed E-state index contributed by atoms with van der Waals surface area (Å²) in [6.07, 6.45) is 2.55. The molecule has 17 heteroatoms. The van der Waals surface area contributed by atoms with Crippen molar-refractivity contribution in [1.82, 2.24) is 30.7 Å². The van der Waals surface area contributed by atoms with Crippen LogP contribution in [0.1, 0.15) is 72.6 Å². The summed E-state index contributed by atoms with van der Waals surface area (Å²) in [6, 6.07) is 9.37. The molecular weight excluding hydrogens is 671 g/mol. The molecule has 1 fully saturated rings. The Morgan fingerprint density at radius 2 is 1.60 bits per heavy atom. The fourth-order valence-corrected chi connectivity index (χ4v) is 5.97. The van der Waals surface area contributed by atoms with Crippen molar-refractivity contribution in [2.24, 2.45) is 10.7 Å². The Bertz CT molecular complexity index is 1590. The third-order valence-corrected chi connectivity index (χ3v) is 8.97. The molecule has 1 aliphatic rings. The third-order valence-electron chi connectivity index (χ3n) is 8.97. The van der Waals surface area contributed by atoms with Gasteiger partial charge in [0.2, 0.25) is 17.7 Å². The smallest absolute Gasteiger partial charge is 0.426 e. The van der Waals surface area contributed by atoms with E-state index in [0.717, 1.165) is 11.3 Å². The van der Waals surface area contributed by atoms with Gasteiger partial charge in [-0.15, -0.1) is 0 Å². The first kappa shape index (κ1) is 41.7. The lowest BCUT2D eigenvalue weighted by atomic mass is 9.77. The SMILES string of the molecule is CCC(=O)N[C@@H](CCCN=C(N)N(C)C)C(=O)N(C)CCCCCNC(=O)c1ccc(C(=O)NCC(=O)N2CC(O)CC2B(O)O)c2ccccc12. The van der Waals surface area contributed by atoms with Crippen LogP contribution in [0.2, 0.25) is 0 Å². The van der Waals surface area contributed by atoms with E-state index in [1.807, 2.05) is 0 Å². The number of likely N-dealkylation sites (N-methyl/N-ethyl adjacent to an activating group) is 1. The Morgan fingerprint density at radius 3 is 2.19 bits per heavy atom. The molecule has 1 saturated heterocycles. The first-order valence-electron chi connectivity index (χ1n) is 17.7. The van der Waals surface area contributed by atoms with Gasteiger partial charge in [-0.2, -0.15) is 0 Å². The normalized spacial score (nSPS) is 16.3. The number of nitrogens with zero attached hydrogens (tertiary/aromatic N) is 4. The van der Waals surface area contributed by atoms with Gasteiger partial charge in [-0.05, 0) is 61.4 Å². The van der Waals surface area contributed by atoms with E-state index in [9.17, 15) is 39.1 Å². The fraction of sp³-hybridized carbons (Fsp3) is 0.543. The molecule has 1 aliphatic heterocycles. The zero-order valence-electron chi connectivity index (χ0n) is 30.5. The van der Waals surface area contributed by atoms with Gasteiger partial charge >= 0.3 is 7.12 Å². The third kappa shape index (κ3) is 11.9. The van der Waals surface area contributed by atoms with Gasteiger partial charge < -0.3 is 51.5 Å². The minimum atomic E-state index is -1.81. The minimum Gasteiger partial charge on any atom is -0.426 e. The quantitative estimate of drug-likeness (QED) is 0.0449. The number of carbonyl (C=O) groups excluding carboxylic acids is 5. The summed E-state index contributed by atoms with van der Waals surface area (Å²) in [7, 11) is 3.49. The van der Waals surface area contributed by atoms with Crippen molar-refractivity contribution in [3.05, 3.63) is 47.5 Å². The summed E-state index contributed by atoms with van der Waals surface area (Å²) in [4.78, 5) is 73.0. The maximum Gasteiger partial charge on any atom is 0.475 e. The molecule has 284 valence electrons. The Balaban J connectivity index is 1.49. The number of amides is 5. The van der Waals surface area contributed by atoms with Crippen molar-refractivity contribution in [1.29, 1.82) is 0 Å². The summed E-state index contributed by atoms with van der Waals surface area (Å²) >= 11 is 0. The highest BCUT2D eigenvalue weighted by Gasteiger charge is 2.41. The topological polar surface area (TPSA) is 230 Å². The molecule has 52 heavy (non-hydrogen) atoms. The van der Waals surface area contributed by atoms with E-state index < -0.39 is 43.6 Å². The van der Waals surface area contributed by atoms with Crippen LogP contribution in [0.4, 0.5) is 0 Å². The van der Waals surface area contributed by atoms with Crippen LogP contribution in [0.25, 0.3) is 10.8 Å². The highest BCUT2D eigenvalue weighted by molar-refractivity contribution is 6.43. The van der Waals surface area contributed by atoms with E-state index in [1.54, 1.807) is 68.2 Å². The van der Waals surface area contributed by atoms with Gasteiger partial charge in [-0.3, -0.25) is 29.0 Å². The lowest BCUT2D eigenvalue weighted by molar-refractivity contribution is -0.135. The number of aliphatic hydroxyl groups excluding tert-OH is 1. The molecule has 0 aromatic heterocycles. The summed E-state index contributed by atoms with van der Waals surface area (Å²) in [5.74, 6) is -2.34. The number of carbonyl (C=O) groups is 5. The molecule has 2 unspecified atom stereocenters. The predicted molar refractivity (Wildman–Crippen MR) is 198 cm³/mol. The zero-order chi connectivity index (χ0) is 38.4. The number of nitrogens with two attached hydrogens (primary N) is 1. The van der Waals surface area contributed by atoms with Crippen molar-refractivity contribution in [3.8, 4) is 0 Å². The number of hydrogen-bond donors (Lipinski definition) is 7. The standard InChI is InChI=1S/C35H53BN8O8/c1-5-30(46)41-28(14-11-18-39-35(37)42(2)3)34(50)43(4)19-10-6-9-17-38-32(48)26-15-16-27(25-13-8-7-12-24(25)26)33(49)40-21-31(47)44-22-23(45)20-29(44)36(51)52/h7-8,12-13,15-16,23,28-29,45,51-52H,5-6,9-11,14,17-22H2,1-4H3,(H2,37,39)(H,38,48)(H,40,49)(H,41,46)/t23?,28-,29?/m0/s1. The van der Waals surface area contributed by atoms with Crippen molar-refractivity contribution >= 4 is 53.4 Å². The van der Waals surface area contributed by atoms with Crippen LogP contribution < -0.4 is 21.7 Å². The number of aliphatic hydroxyl groups is 1. The molecule has 2 aromatic carbocycles. The number of unbranched alkanes of at least 4 members (excludes halogenated alkanes) is 2. The molecule has 3 atom stereocenters. The van der Waals surface area contributed by atoms with Gasteiger partial charge in [0.15, 0.2) is 5.96 Å². The number of aliphatic imine (C=N–C) groups is 1. The van der Waals surface area contributed by atoms with Crippen LogP contribution in [0.15, 0.2) is 41.4 Å². The van der Waals surface area contributed by atoms with Crippen molar-refractivity contribution < 1.29 is 39.1 Å². The summed E-state index contributed by atoms with van der Waals surface area (Å²) < 4.78 is 0. The van der Waals surface area contributed by atoms with Crippen molar-refractivity contribution in [2.45, 2.75) is 70.0 Å². The first-order chi connectivity index (χ1) is 24.7. The Labute approximate surface area is 304 Å². The molecule has 2 aromatic rings. The van der Waals surface area contributed by atoms with Crippen LogP contribution in [0.5, 0.6) is 0 Å². The Hall–Kier alpha value is -4.74. The van der Waals surface area contributed by atoms with Gasteiger partial charge in [-0.25, -0.2) is 0 Å². The number of guanidine groups is 1. The van der Waals surface area contributed by atoms with Crippen LogP contribution in [0.3, 0.4) is 0 Å². The monoisotopic (exact) mass is 724 g/mol. The average Bonchev–Trinajstić information content (AvgIpc) is 3.53. The Kier molecular flexibility index (Phi) is 16.3. The van der Waals surface area contributed by atoms with Gasteiger partial charge in [0.25, 0.3) is 11.8 Å². The lowest BCUT2D eigenvalue weighted by Crippen LogP contribution is -2.49. The van der Waals surface area contributed by atoms with E-state index in [-0.39, 0.29) is 42.7 Å².